The van der Waals surface area contributed by atoms with Crippen LogP contribution in [0, 0.1) is 0 Å². The number of nitrogens with two attached hydrogens (primary N) is 1. The molecule has 1 aromatic rings. The maximum absolute atomic E-state index is 5.87. The van der Waals surface area contributed by atoms with E-state index in [9.17, 15) is 0 Å². The number of nitrogens with one attached hydrogen (secondary N) is 1. The highest BCUT2D eigenvalue weighted by atomic mass is 16.5. The molecular weight excluding hydrogens is 270 g/mol. The third kappa shape index (κ3) is 3.01. The number of nitrogens with zero attached hydrogens (tertiary/aromatic N) is 3. The van der Waals surface area contributed by atoms with E-state index in [-0.39, 0.29) is 6.10 Å². The molecule has 7 heteroatoms. The monoisotopic (exact) mass is 293 g/mol. The SMILES string of the molecule is CC(C)N1CCOC(c2nc3c(c(NN)n2)COCC3)C1. The summed E-state index contributed by atoms with van der Waals surface area (Å²) in [6, 6.07) is 0.495. The van der Waals surface area contributed by atoms with E-state index < -0.39 is 0 Å². The first-order chi connectivity index (χ1) is 10.2. The molecule has 1 fully saturated rings. The summed E-state index contributed by atoms with van der Waals surface area (Å²) in [5.74, 6) is 6.97. The molecular formula is C14H23N5O2. The molecule has 0 spiro atoms. The summed E-state index contributed by atoms with van der Waals surface area (Å²) in [6.07, 6.45) is 0.696. The molecule has 2 aliphatic heterocycles. The summed E-state index contributed by atoms with van der Waals surface area (Å²) in [7, 11) is 0. The molecule has 0 amide bonds. The van der Waals surface area contributed by atoms with Crippen molar-refractivity contribution in [1.29, 1.82) is 0 Å². The van der Waals surface area contributed by atoms with Gasteiger partial charge >= 0.3 is 0 Å². The van der Waals surface area contributed by atoms with Crippen LogP contribution in [0.3, 0.4) is 0 Å². The Labute approximate surface area is 124 Å². The number of aromatic nitrogens is 2. The lowest BCUT2D eigenvalue weighted by molar-refractivity contribution is -0.0444. The summed E-state index contributed by atoms with van der Waals surface area (Å²) in [5, 5.41) is 0. The van der Waals surface area contributed by atoms with Crippen LogP contribution in [0.4, 0.5) is 5.82 Å². The van der Waals surface area contributed by atoms with Crippen LogP contribution < -0.4 is 11.3 Å². The van der Waals surface area contributed by atoms with Gasteiger partial charge in [0.15, 0.2) is 5.82 Å². The van der Waals surface area contributed by atoms with Crippen molar-refractivity contribution in [3.8, 4) is 0 Å². The number of hydrogen-bond acceptors (Lipinski definition) is 7. The summed E-state index contributed by atoms with van der Waals surface area (Å²) in [5.41, 5.74) is 4.65. The Morgan fingerprint density at radius 3 is 2.95 bits per heavy atom. The molecule has 1 saturated heterocycles. The lowest BCUT2D eigenvalue weighted by Crippen LogP contribution is -2.43. The zero-order valence-electron chi connectivity index (χ0n) is 12.6. The van der Waals surface area contributed by atoms with E-state index >= 15 is 0 Å². The standard InChI is InChI=1S/C14H23N5O2/c1-9(2)19-4-6-21-12(7-19)14-16-11-3-5-20-8-10(11)13(17-14)18-15/h9,12H,3-8,15H2,1-2H3,(H,16,17,18). The van der Waals surface area contributed by atoms with Gasteiger partial charge in [-0.2, -0.15) is 0 Å². The highest BCUT2D eigenvalue weighted by Gasteiger charge is 2.28. The van der Waals surface area contributed by atoms with Crippen molar-refractivity contribution in [1.82, 2.24) is 14.9 Å². The second-order valence-corrected chi connectivity index (χ2v) is 5.75. The molecule has 0 bridgehead atoms. The maximum atomic E-state index is 5.87. The first-order valence-corrected chi connectivity index (χ1v) is 7.48. The van der Waals surface area contributed by atoms with Crippen LogP contribution in [0.5, 0.6) is 0 Å². The van der Waals surface area contributed by atoms with Gasteiger partial charge in [-0.3, -0.25) is 4.90 Å². The van der Waals surface area contributed by atoms with E-state index in [1.807, 2.05) is 0 Å². The predicted molar refractivity (Wildman–Crippen MR) is 78.6 cm³/mol. The Bertz CT molecular complexity index is 491. The fourth-order valence-corrected chi connectivity index (χ4v) is 2.81. The van der Waals surface area contributed by atoms with Crippen LogP contribution in [0.1, 0.15) is 37.0 Å². The van der Waals surface area contributed by atoms with Crippen molar-refractivity contribution in [3.05, 3.63) is 17.1 Å². The lowest BCUT2D eigenvalue weighted by atomic mass is 10.1. The predicted octanol–water partition coefficient (Wildman–Crippen LogP) is 0.617. The zero-order valence-corrected chi connectivity index (χ0v) is 12.6. The second kappa shape index (κ2) is 6.23. The third-order valence-electron chi connectivity index (χ3n) is 4.09. The molecule has 1 aromatic heterocycles. The number of hydrogen-bond donors (Lipinski definition) is 2. The van der Waals surface area contributed by atoms with Crippen molar-refractivity contribution >= 4 is 5.82 Å². The molecule has 2 aliphatic rings. The van der Waals surface area contributed by atoms with E-state index in [0.717, 1.165) is 30.8 Å². The van der Waals surface area contributed by atoms with Gasteiger partial charge in [0.05, 0.1) is 25.5 Å². The van der Waals surface area contributed by atoms with Crippen LogP contribution in [-0.2, 0) is 22.5 Å². The zero-order chi connectivity index (χ0) is 14.8. The highest BCUT2D eigenvalue weighted by molar-refractivity contribution is 5.46. The maximum Gasteiger partial charge on any atom is 0.161 e. The van der Waals surface area contributed by atoms with Crippen molar-refractivity contribution in [2.45, 2.75) is 39.0 Å². The minimum absolute atomic E-state index is 0.0959. The first-order valence-electron chi connectivity index (χ1n) is 7.48. The fourth-order valence-electron chi connectivity index (χ4n) is 2.81. The van der Waals surface area contributed by atoms with Gasteiger partial charge in [-0.1, -0.05) is 0 Å². The summed E-state index contributed by atoms with van der Waals surface area (Å²) in [4.78, 5) is 11.6. The molecule has 7 nitrogen and oxygen atoms in total. The number of hydrazine groups is 1. The largest absolute Gasteiger partial charge is 0.376 e. The molecule has 1 atom stereocenters. The van der Waals surface area contributed by atoms with Crippen molar-refractivity contribution in [2.75, 3.05) is 31.7 Å². The molecule has 1 unspecified atom stereocenters. The third-order valence-corrected chi connectivity index (χ3v) is 4.09. The van der Waals surface area contributed by atoms with Crippen LogP contribution in [0.15, 0.2) is 0 Å². The van der Waals surface area contributed by atoms with Gasteiger partial charge in [0.2, 0.25) is 0 Å². The first kappa shape index (κ1) is 14.6. The summed E-state index contributed by atoms with van der Waals surface area (Å²) < 4.78 is 11.3. The van der Waals surface area contributed by atoms with Gasteiger partial charge in [0, 0.05) is 31.1 Å². The molecule has 21 heavy (non-hydrogen) atoms. The normalized spacial score (nSPS) is 23.1. The summed E-state index contributed by atoms with van der Waals surface area (Å²) >= 11 is 0. The van der Waals surface area contributed by atoms with Gasteiger partial charge in [-0.25, -0.2) is 15.8 Å². The topological polar surface area (TPSA) is 85.5 Å². The van der Waals surface area contributed by atoms with Crippen molar-refractivity contribution < 1.29 is 9.47 Å². The molecule has 0 saturated carbocycles. The van der Waals surface area contributed by atoms with E-state index in [1.54, 1.807) is 0 Å². The minimum atomic E-state index is -0.0959. The lowest BCUT2D eigenvalue weighted by Gasteiger charge is -2.35. The molecule has 0 aromatic carbocycles. The Morgan fingerprint density at radius 2 is 2.19 bits per heavy atom. The van der Waals surface area contributed by atoms with Crippen LogP contribution >= 0.6 is 0 Å². The van der Waals surface area contributed by atoms with Gasteiger partial charge in [-0.05, 0) is 13.8 Å². The molecule has 3 N–H and O–H groups in total. The average molecular weight is 293 g/mol. The Kier molecular flexibility index (Phi) is 4.34. The Morgan fingerprint density at radius 1 is 1.33 bits per heavy atom. The molecule has 0 radical (unpaired) electrons. The number of rotatable bonds is 3. The quantitative estimate of drug-likeness (QED) is 0.624. The smallest absolute Gasteiger partial charge is 0.161 e. The van der Waals surface area contributed by atoms with Crippen LogP contribution in [0.25, 0.3) is 0 Å². The van der Waals surface area contributed by atoms with Crippen molar-refractivity contribution in [2.24, 2.45) is 5.84 Å². The van der Waals surface area contributed by atoms with Crippen LogP contribution in [0.2, 0.25) is 0 Å². The molecule has 3 heterocycles. The minimum Gasteiger partial charge on any atom is -0.376 e. The molecule has 3 rings (SSSR count). The molecule has 0 aliphatic carbocycles. The number of nitrogen functional groups attached to an aromatic ring is 1. The fraction of sp³-hybridized carbons (Fsp3) is 0.714. The Hall–Kier alpha value is -1.28. The van der Waals surface area contributed by atoms with Gasteiger partial charge < -0.3 is 14.9 Å². The number of fused-ring (bicyclic) bond motifs is 1. The van der Waals surface area contributed by atoms with E-state index in [1.165, 1.54) is 0 Å². The second-order valence-electron chi connectivity index (χ2n) is 5.75. The van der Waals surface area contributed by atoms with Gasteiger partial charge in [-0.15, -0.1) is 0 Å². The highest BCUT2D eigenvalue weighted by Crippen LogP contribution is 2.26. The van der Waals surface area contributed by atoms with Crippen molar-refractivity contribution in [3.63, 3.8) is 0 Å². The van der Waals surface area contributed by atoms with E-state index in [2.05, 4.69) is 29.2 Å². The summed E-state index contributed by atoms with van der Waals surface area (Å²) in [6.45, 7) is 8.07. The average Bonchev–Trinajstić information content (AvgIpc) is 2.53. The van der Waals surface area contributed by atoms with E-state index in [0.29, 0.717) is 37.5 Å². The van der Waals surface area contributed by atoms with Gasteiger partial charge in [0.1, 0.15) is 11.9 Å². The number of anilines is 1. The van der Waals surface area contributed by atoms with Crippen LogP contribution in [-0.4, -0.2) is 47.2 Å². The Balaban J connectivity index is 1.88. The molecule has 116 valence electrons. The van der Waals surface area contributed by atoms with Gasteiger partial charge in [0.25, 0.3) is 0 Å². The van der Waals surface area contributed by atoms with E-state index in [4.69, 9.17) is 20.3 Å². The number of morpholine rings is 1. The number of ether oxygens (including phenoxy) is 2.